The van der Waals surface area contributed by atoms with Gasteiger partial charge in [-0.25, -0.2) is 4.39 Å². The Hall–Kier alpha value is -1.56. The third-order valence-corrected chi connectivity index (χ3v) is 5.31. The van der Waals surface area contributed by atoms with Crippen LogP contribution in [0.25, 0.3) is 11.4 Å². The number of benzene rings is 2. The highest BCUT2D eigenvalue weighted by Crippen LogP contribution is 2.33. The molecule has 0 aliphatic heterocycles. The van der Waals surface area contributed by atoms with Crippen LogP contribution in [0.3, 0.4) is 0 Å². The highest BCUT2D eigenvalue weighted by atomic mass is 35.5. The average Bonchev–Trinajstić information content (AvgIpc) is 2.96. The van der Waals surface area contributed by atoms with Crippen molar-refractivity contribution in [3.05, 3.63) is 63.9 Å². The molecule has 2 aromatic carbocycles. The molecule has 0 N–H and O–H groups in total. The lowest BCUT2D eigenvalue weighted by Gasteiger charge is -2.13. The van der Waals surface area contributed by atoms with Crippen LogP contribution < -0.4 is 0 Å². The van der Waals surface area contributed by atoms with Gasteiger partial charge in [-0.05, 0) is 35.7 Å². The number of aromatic nitrogens is 3. The molecule has 7 heteroatoms. The maximum Gasteiger partial charge on any atom is 0.191 e. The number of hydrogen-bond donors (Lipinski definition) is 0. The van der Waals surface area contributed by atoms with Crippen LogP contribution in [0.4, 0.5) is 4.39 Å². The van der Waals surface area contributed by atoms with Crippen LogP contribution in [0.2, 0.25) is 10.0 Å². The first kappa shape index (κ1) is 19.2. The molecule has 1 heterocycles. The molecule has 0 saturated carbocycles. The van der Waals surface area contributed by atoms with E-state index in [1.807, 2.05) is 16.7 Å². The highest BCUT2D eigenvalue weighted by Gasteiger charge is 2.18. The molecule has 0 aliphatic rings. The fourth-order valence-electron chi connectivity index (χ4n) is 2.55. The third kappa shape index (κ3) is 4.40. The average molecular weight is 410 g/mol. The monoisotopic (exact) mass is 409 g/mol. The van der Waals surface area contributed by atoms with Gasteiger partial charge in [0.05, 0.1) is 5.02 Å². The van der Waals surface area contributed by atoms with Gasteiger partial charge in [0.2, 0.25) is 0 Å². The quantitative estimate of drug-likeness (QED) is 0.445. The fourth-order valence-corrected chi connectivity index (χ4v) is 3.98. The zero-order chi connectivity index (χ0) is 18.7. The minimum atomic E-state index is -0.212. The summed E-state index contributed by atoms with van der Waals surface area (Å²) in [5.74, 6) is 1.35. The van der Waals surface area contributed by atoms with Gasteiger partial charge in [-0.3, -0.25) is 0 Å². The second-order valence-corrected chi connectivity index (χ2v) is 8.10. The molecule has 1 aromatic heterocycles. The molecular weight excluding hydrogens is 392 g/mol. The van der Waals surface area contributed by atoms with E-state index in [4.69, 9.17) is 23.2 Å². The van der Waals surface area contributed by atoms with Gasteiger partial charge in [0.25, 0.3) is 0 Å². The van der Waals surface area contributed by atoms with Crippen LogP contribution in [0.15, 0.2) is 47.6 Å². The Bertz CT molecular complexity index is 912. The smallest absolute Gasteiger partial charge is 0.191 e. The van der Waals surface area contributed by atoms with Crippen molar-refractivity contribution in [1.82, 2.24) is 14.8 Å². The highest BCUT2D eigenvalue weighted by molar-refractivity contribution is 7.98. The topological polar surface area (TPSA) is 30.7 Å². The first-order chi connectivity index (χ1) is 12.5. The van der Waals surface area contributed by atoms with E-state index >= 15 is 0 Å². The lowest BCUT2D eigenvalue weighted by atomic mass is 10.2. The van der Waals surface area contributed by atoms with Crippen LogP contribution in [-0.2, 0) is 12.3 Å². The molecule has 136 valence electrons. The molecule has 0 saturated heterocycles. The Labute approximate surface area is 166 Å². The van der Waals surface area contributed by atoms with Crippen molar-refractivity contribution >= 4 is 35.0 Å². The number of hydrogen-bond acceptors (Lipinski definition) is 3. The van der Waals surface area contributed by atoms with Crippen LogP contribution in [0, 0.1) is 11.7 Å². The number of nitrogens with zero attached hydrogens (tertiary/aromatic N) is 3. The summed E-state index contributed by atoms with van der Waals surface area (Å²) in [5.41, 5.74) is 1.42. The van der Waals surface area contributed by atoms with Crippen LogP contribution >= 0.6 is 35.0 Å². The van der Waals surface area contributed by atoms with Gasteiger partial charge in [0, 0.05) is 22.9 Å². The summed E-state index contributed by atoms with van der Waals surface area (Å²) >= 11 is 13.8. The summed E-state index contributed by atoms with van der Waals surface area (Å²) in [5, 5.41) is 10.5. The summed E-state index contributed by atoms with van der Waals surface area (Å²) in [6, 6.07) is 12.1. The van der Waals surface area contributed by atoms with Gasteiger partial charge in [0.1, 0.15) is 5.82 Å². The molecule has 0 amide bonds. The number of rotatable bonds is 6. The van der Waals surface area contributed by atoms with Gasteiger partial charge in [-0.2, -0.15) is 0 Å². The van der Waals surface area contributed by atoms with Crippen LogP contribution in [0.1, 0.15) is 19.4 Å². The third-order valence-electron chi connectivity index (χ3n) is 3.75. The molecule has 3 rings (SSSR count). The Morgan fingerprint density at radius 3 is 2.58 bits per heavy atom. The molecule has 0 aliphatic carbocycles. The molecule has 0 atom stereocenters. The molecule has 3 nitrogen and oxygen atoms in total. The Balaban J connectivity index is 1.93. The second kappa shape index (κ2) is 8.42. The van der Waals surface area contributed by atoms with E-state index in [0.29, 0.717) is 33.1 Å². The van der Waals surface area contributed by atoms with Gasteiger partial charge in [-0.15, -0.1) is 10.2 Å². The summed E-state index contributed by atoms with van der Waals surface area (Å²) in [4.78, 5) is 0. The normalized spacial score (nSPS) is 11.3. The predicted molar refractivity (Wildman–Crippen MR) is 106 cm³/mol. The largest absolute Gasteiger partial charge is 0.302 e. The van der Waals surface area contributed by atoms with Gasteiger partial charge in [0.15, 0.2) is 11.0 Å². The zero-order valence-corrected chi connectivity index (χ0v) is 16.7. The van der Waals surface area contributed by atoms with Gasteiger partial charge >= 0.3 is 0 Å². The minimum Gasteiger partial charge on any atom is -0.302 e. The SMILES string of the molecule is CC(C)Cn1c(SCc2ccccc2F)nnc1-c1ccc(Cl)cc1Cl. The first-order valence-corrected chi connectivity index (χ1v) is 9.94. The van der Waals surface area contributed by atoms with E-state index in [1.165, 1.54) is 17.8 Å². The summed E-state index contributed by atoms with van der Waals surface area (Å²) in [6.07, 6.45) is 0. The zero-order valence-electron chi connectivity index (χ0n) is 14.4. The van der Waals surface area contributed by atoms with E-state index in [1.54, 1.807) is 24.3 Å². The molecule has 26 heavy (non-hydrogen) atoms. The molecule has 0 radical (unpaired) electrons. The van der Waals surface area contributed by atoms with Gasteiger partial charge in [-0.1, -0.05) is 67.0 Å². The Morgan fingerprint density at radius 2 is 1.88 bits per heavy atom. The second-order valence-electron chi connectivity index (χ2n) is 6.31. The van der Waals surface area contributed by atoms with Gasteiger partial charge < -0.3 is 4.57 Å². The summed E-state index contributed by atoms with van der Waals surface area (Å²) < 4.78 is 15.9. The van der Waals surface area contributed by atoms with E-state index in [-0.39, 0.29) is 5.82 Å². The van der Waals surface area contributed by atoms with Crippen molar-refractivity contribution in [1.29, 1.82) is 0 Å². The van der Waals surface area contributed by atoms with E-state index < -0.39 is 0 Å². The lowest BCUT2D eigenvalue weighted by Crippen LogP contribution is -2.08. The van der Waals surface area contributed by atoms with Crippen LogP contribution in [0.5, 0.6) is 0 Å². The summed E-state index contributed by atoms with van der Waals surface area (Å²) in [6.45, 7) is 4.98. The predicted octanol–water partition coefficient (Wildman–Crippen LogP) is 6.34. The lowest BCUT2D eigenvalue weighted by molar-refractivity contribution is 0.498. The molecule has 0 unspecified atom stereocenters. The van der Waals surface area contributed by atoms with Crippen molar-refractivity contribution in [2.75, 3.05) is 0 Å². The molecule has 0 fully saturated rings. The van der Waals surface area contributed by atoms with Crippen molar-refractivity contribution in [2.45, 2.75) is 31.3 Å². The van der Waals surface area contributed by atoms with Crippen molar-refractivity contribution < 1.29 is 4.39 Å². The molecule has 0 spiro atoms. The minimum absolute atomic E-state index is 0.212. The van der Waals surface area contributed by atoms with E-state index in [0.717, 1.165) is 17.3 Å². The molecule has 0 bridgehead atoms. The van der Waals surface area contributed by atoms with E-state index in [2.05, 4.69) is 24.0 Å². The summed E-state index contributed by atoms with van der Waals surface area (Å²) in [7, 11) is 0. The maximum absolute atomic E-state index is 13.9. The molecule has 3 aromatic rings. The molecular formula is C19H18Cl2FN3S. The Kier molecular flexibility index (Phi) is 6.22. The van der Waals surface area contributed by atoms with Crippen molar-refractivity contribution in [3.8, 4) is 11.4 Å². The van der Waals surface area contributed by atoms with E-state index in [9.17, 15) is 4.39 Å². The number of thioether (sulfide) groups is 1. The fraction of sp³-hybridized carbons (Fsp3) is 0.263. The van der Waals surface area contributed by atoms with Crippen molar-refractivity contribution in [3.63, 3.8) is 0 Å². The number of halogens is 3. The standard InChI is InChI=1S/C19H18Cl2FN3S/c1-12(2)10-25-18(15-8-7-14(20)9-16(15)21)23-24-19(25)26-11-13-5-3-4-6-17(13)22/h3-9,12H,10-11H2,1-2H3. The Morgan fingerprint density at radius 1 is 1.12 bits per heavy atom. The first-order valence-electron chi connectivity index (χ1n) is 8.20. The van der Waals surface area contributed by atoms with Crippen LogP contribution in [-0.4, -0.2) is 14.8 Å². The van der Waals surface area contributed by atoms with Crippen molar-refractivity contribution in [2.24, 2.45) is 5.92 Å². The maximum atomic E-state index is 13.9.